The topological polar surface area (TPSA) is 57.2 Å². The molecule has 2 unspecified atom stereocenters. The monoisotopic (exact) mass is 413 g/mol. The molecule has 0 spiro atoms. The highest BCUT2D eigenvalue weighted by Crippen LogP contribution is 2.34. The minimum atomic E-state index is -0.545. The van der Waals surface area contributed by atoms with Crippen molar-refractivity contribution >= 4 is 6.09 Å². The Bertz CT molecular complexity index is 818. The van der Waals surface area contributed by atoms with Crippen LogP contribution >= 0.6 is 0 Å². The van der Waals surface area contributed by atoms with Crippen LogP contribution in [0.2, 0.25) is 0 Å². The van der Waals surface area contributed by atoms with E-state index in [1.54, 1.807) is 4.90 Å². The summed E-state index contributed by atoms with van der Waals surface area (Å²) in [5.74, 6) is 1.33. The van der Waals surface area contributed by atoms with Crippen molar-refractivity contribution in [3.8, 4) is 11.5 Å². The lowest BCUT2D eigenvalue weighted by atomic mass is 10.0. The lowest BCUT2D eigenvalue weighted by Crippen LogP contribution is -2.50. The van der Waals surface area contributed by atoms with E-state index in [2.05, 4.69) is 0 Å². The third kappa shape index (κ3) is 5.89. The average Bonchev–Trinajstić information content (AvgIpc) is 2.73. The first-order valence-corrected chi connectivity index (χ1v) is 10.4. The third-order valence-electron chi connectivity index (χ3n) is 4.61. The highest BCUT2D eigenvalue weighted by Gasteiger charge is 2.35. The number of amides is 1. The molecule has 1 heterocycles. The van der Waals surface area contributed by atoms with Crippen molar-refractivity contribution in [2.24, 2.45) is 0 Å². The third-order valence-corrected chi connectivity index (χ3v) is 4.61. The van der Waals surface area contributed by atoms with Crippen LogP contribution in [0.25, 0.3) is 0 Å². The number of hydrogen-bond donors (Lipinski definition) is 0. The van der Waals surface area contributed by atoms with Crippen LogP contribution in [0, 0.1) is 0 Å². The molecule has 0 aromatic heterocycles. The van der Waals surface area contributed by atoms with Gasteiger partial charge < -0.3 is 23.8 Å². The number of para-hydroxylation sites is 2. The Morgan fingerprint density at radius 3 is 2.43 bits per heavy atom. The van der Waals surface area contributed by atoms with Gasteiger partial charge in [-0.15, -0.1) is 0 Å². The van der Waals surface area contributed by atoms with Gasteiger partial charge in [-0.3, -0.25) is 0 Å². The molecule has 0 aliphatic carbocycles. The zero-order valence-corrected chi connectivity index (χ0v) is 18.2. The molecule has 0 saturated carbocycles. The lowest BCUT2D eigenvalue weighted by molar-refractivity contribution is -0.0840. The number of rotatable bonds is 6. The molecule has 2 atom stereocenters. The zero-order valence-electron chi connectivity index (χ0n) is 18.2. The van der Waals surface area contributed by atoms with E-state index in [1.807, 2.05) is 82.3 Å². The zero-order chi connectivity index (χ0) is 21.6. The largest absolute Gasteiger partial charge is 0.490 e. The molecule has 2 aromatic rings. The van der Waals surface area contributed by atoms with Crippen molar-refractivity contribution < 1.29 is 23.7 Å². The summed E-state index contributed by atoms with van der Waals surface area (Å²) >= 11 is 0. The Kier molecular flexibility index (Phi) is 7.21. The van der Waals surface area contributed by atoms with E-state index in [4.69, 9.17) is 18.9 Å². The van der Waals surface area contributed by atoms with E-state index >= 15 is 0 Å². The Labute approximate surface area is 178 Å². The molecule has 1 amide bonds. The molecule has 30 heavy (non-hydrogen) atoms. The smallest absolute Gasteiger partial charge is 0.410 e. The summed E-state index contributed by atoms with van der Waals surface area (Å²) in [6.45, 7) is 9.37. The molecule has 0 bridgehead atoms. The van der Waals surface area contributed by atoms with E-state index < -0.39 is 11.7 Å². The number of hydrogen-bond acceptors (Lipinski definition) is 5. The van der Waals surface area contributed by atoms with Crippen LogP contribution in [0.1, 0.15) is 39.4 Å². The normalized spacial score (nSPS) is 17.9. The molecule has 0 N–H and O–H groups in total. The molecule has 6 nitrogen and oxygen atoms in total. The van der Waals surface area contributed by atoms with Gasteiger partial charge in [-0.25, -0.2) is 4.79 Å². The van der Waals surface area contributed by atoms with E-state index in [1.165, 1.54) is 0 Å². The summed E-state index contributed by atoms with van der Waals surface area (Å²) in [5, 5.41) is 0. The minimum absolute atomic E-state index is 0.336. The Morgan fingerprint density at radius 2 is 1.77 bits per heavy atom. The molecule has 162 valence electrons. The number of ether oxygens (including phenoxy) is 4. The van der Waals surface area contributed by atoms with Gasteiger partial charge in [-0.05, 0) is 45.4 Å². The number of carbonyl (C=O) groups excluding carboxylic acids is 1. The van der Waals surface area contributed by atoms with Crippen LogP contribution in [-0.4, -0.2) is 49.0 Å². The van der Waals surface area contributed by atoms with Gasteiger partial charge in [0.2, 0.25) is 0 Å². The molecule has 6 heteroatoms. The fourth-order valence-corrected chi connectivity index (χ4v) is 3.31. The molecule has 1 fully saturated rings. The van der Waals surface area contributed by atoms with Crippen LogP contribution in [0.15, 0.2) is 54.6 Å². The van der Waals surface area contributed by atoms with Crippen LogP contribution in [0.5, 0.6) is 11.5 Å². The highest BCUT2D eigenvalue weighted by atomic mass is 16.6. The van der Waals surface area contributed by atoms with Crippen LogP contribution < -0.4 is 9.47 Å². The fraction of sp³-hybridized carbons (Fsp3) is 0.458. The molecule has 1 aliphatic heterocycles. The Balaban J connectivity index is 1.83. The Morgan fingerprint density at radius 1 is 1.10 bits per heavy atom. The van der Waals surface area contributed by atoms with Gasteiger partial charge in [-0.1, -0.05) is 42.5 Å². The van der Waals surface area contributed by atoms with Gasteiger partial charge in [0, 0.05) is 6.54 Å². The van der Waals surface area contributed by atoms with Crippen LogP contribution in [-0.2, 0) is 9.47 Å². The molecule has 1 aliphatic rings. The summed E-state index contributed by atoms with van der Waals surface area (Å²) in [5.41, 5.74) is 0.427. The van der Waals surface area contributed by atoms with E-state index in [9.17, 15) is 4.79 Å². The second-order valence-electron chi connectivity index (χ2n) is 8.16. The molecular formula is C24H31NO5. The standard InChI is InChI=1S/C24H31NO5/c1-5-27-19-13-9-10-14-20(19)29-22(18-11-7-6-8-12-18)21-17-25(15-16-28-21)23(26)30-24(2,3)4/h6-14,21-22H,5,15-17H2,1-4H3. The maximum absolute atomic E-state index is 12.6. The van der Waals surface area contributed by atoms with Crippen LogP contribution in [0.3, 0.4) is 0 Å². The lowest BCUT2D eigenvalue weighted by Gasteiger charge is -2.37. The highest BCUT2D eigenvalue weighted by molar-refractivity contribution is 5.68. The second kappa shape index (κ2) is 9.85. The summed E-state index contributed by atoms with van der Waals surface area (Å²) in [6.07, 6.45) is -1.08. The predicted molar refractivity (Wildman–Crippen MR) is 115 cm³/mol. The molecule has 1 saturated heterocycles. The van der Waals surface area contributed by atoms with E-state index in [-0.39, 0.29) is 12.2 Å². The van der Waals surface area contributed by atoms with Crippen molar-refractivity contribution in [2.45, 2.75) is 45.5 Å². The second-order valence-corrected chi connectivity index (χ2v) is 8.16. The first-order chi connectivity index (χ1) is 14.4. The van der Waals surface area contributed by atoms with Gasteiger partial charge in [-0.2, -0.15) is 0 Å². The summed E-state index contributed by atoms with van der Waals surface area (Å²) < 4.78 is 23.8. The number of nitrogens with zero attached hydrogens (tertiary/aromatic N) is 1. The summed E-state index contributed by atoms with van der Waals surface area (Å²) in [6, 6.07) is 17.5. The fourth-order valence-electron chi connectivity index (χ4n) is 3.31. The number of morpholine rings is 1. The minimum Gasteiger partial charge on any atom is -0.490 e. The molecule has 3 rings (SSSR count). The average molecular weight is 414 g/mol. The van der Waals surface area contributed by atoms with Crippen molar-refractivity contribution in [1.82, 2.24) is 4.90 Å². The quantitative estimate of drug-likeness (QED) is 0.678. The summed E-state index contributed by atoms with van der Waals surface area (Å²) in [7, 11) is 0. The van der Waals surface area contributed by atoms with Crippen molar-refractivity contribution in [3.05, 3.63) is 60.2 Å². The van der Waals surface area contributed by atoms with E-state index in [0.717, 1.165) is 5.56 Å². The maximum atomic E-state index is 12.6. The van der Waals surface area contributed by atoms with Crippen molar-refractivity contribution in [1.29, 1.82) is 0 Å². The van der Waals surface area contributed by atoms with Gasteiger partial charge in [0.25, 0.3) is 0 Å². The molecule has 0 radical (unpaired) electrons. The SMILES string of the molecule is CCOc1ccccc1OC(c1ccccc1)C1CN(C(=O)OC(C)(C)C)CCO1. The van der Waals surface area contributed by atoms with Gasteiger partial charge >= 0.3 is 6.09 Å². The predicted octanol–water partition coefficient (Wildman–Crippen LogP) is 4.84. The molecular weight excluding hydrogens is 382 g/mol. The summed E-state index contributed by atoms with van der Waals surface area (Å²) in [4.78, 5) is 14.3. The van der Waals surface area contributed by atoms with Gasteiger partial charge in [0.05, 0.1) is 19.8 Å². The Hall–Kier alpha value is -2.73. The van der Waals surface area contributed by atoms with E-state index in [0.29, 0.717) is 37.8 Å². The van der Waals surface area contributed by atoms with Gasteiger partial charge in [0.15, 0.2) is 17.6 Å². The maximum Gasteiger partial charge on any atom is 0.410 e. The number of benzene rings is 2. The van der Waals surface area contributed by atoms with Crippen molar-refractivity contribution in [3.63, 3.8) is 0 Å². The van der Waals surface area contributed by atoms with Gasteiger partial charge in [0.1, 0.15) is 11.7 Å². The first-order valence-electron chi connectivity index (χ1n) is 10.4. The first kappa shape index (κ1) is 22.0. The van der Waals surface area contributed by atoms with Crippen molar-refractivity contribution in [2.75, 3.05) is 26.3 Å². The number of carbonyl (C=O) groups is 1. The molecule has 2 aromatic carbocycles. The van der Waals surface area contributed by atoms with Crippen LogP contribution in [0.4, 0.5) is 4.79 Å².